The Kier molecular flexibility index (Phi) is 2.65. The fourth-order valence-electron chi connectivity index (χ4n) is 1.07. The maximum Gasteiger partial charge on any atom is 0.170 e. The Bertz CT molecular complexity index is 259. The normalized spacial score (nSPS) is 10.0. The molecule has 1 aromatic rings. The van der Waals surface area contributed by atoms with Crippen molar-refractivity contribution in [2.24, 2.45) is 0 Å². The van der Waals surface area contributed by atoms with Gasteiger partial charge in [-0.05, 0) is 18.6 Å². The Labute approximate surface area is 70.6 Å². The average Bonchev–Trinajstić information content (AvgIpc) is 2.08. The van der Waals surface area contributed by atoms with E-state index in [9.17, 15) is 4.39 Å². The van der Waals surface area contributed by atoms with E-state index < -0.39 is 5.82 Å². The number of halogens is 1. The molecule has 0 bridgehead atoms. The van der Waals surface area contributed by atoms with Crippen molar-refractivity contribution >= 4 is 0 Å². The fraction of sp³-hybridized carbons (Fsp3) is 0.333. The number of benzene rings is 1. The van der Waals surface area contributed by atoms with Crippen LogP contribution in [-0.2, 0) is 6.61 Å². The quantitative estimate of drug-likeness (QED) is 0.731. The van der Waals surface area contributed by atoms with Gasteiger partial charge in [0.15, 0.2) is 11.6 Å². The Balaban J connectivity index is 3.22. The lowest BCUT2D eigenvalue weighted by Gasteiger charge is -2.06. The Hall–Kier alpha value is -1.09. The van der Waals surface area contributed by atoms with Gasteiger partial charge in [0.1, 0.15) is 0 Å². The first-order chi connectivity index (χ1) is 5.69. The number of rotatable bonds is 2. The van der Waals surface area contributed by atoms with Crippen molar-refractivity contribution in [2.45, 2.75) is 13.5 Å². The van der Waals surface area contributed by atoms with Crippen LogP contribution in [-0.4, -0.2) is 12.2 Å². The van der Waals surface area contributed by atoms with Crippen LogP contribution in [0.2, 0.25) is 0 Å². The molecule has 1 N–H and O–H groups in total. The van der Waals surface area contributed by atoms with Crippen molar-refractivity contribution < 1.29 is 14.2 Å². The first kappa shape index (κ1) is 9.00. The largest absolute Gasteiger partial charge is 0.494 e. The molecule has 1 rings (SSSR count). The minimum absolute atomic E-state index is 0.180. The summed E-state index contributed by atoms with van der Waals surface area (Å²) >= 11 is 0. The van der Waals surface area contributed by atoms with Crippen LogP contribution in [0.15, 0.2) is 12.1 Å². The van der Waals surface area contributed by atoms with Gasteiger partial charge in [0.2, 0.25) is 0 Å². The molecule has 0 unspecified atom stereocenters. The molecule has 2 nitrogen and oxygen atoms in total. The van der Waals surface area contributed by atoms with Gasteiger partial charge in [-0.3, -0.25) is 0 Å². The Morgan fingerprint density at radius 1 is 1.50 bits per heavy atom. The van der Waals surface area contributed by atoms with Gasteiger partial charge in [0.05, 0.1) is 13.7 Å². The number of methoxy groups -OCH3 is 1. The van der Waals surface area contributed by atoms with E-state index in [4.69, 9.17) is 9.84 Å². The van der Waals surface area contributed by atoms with Crippen molar-refractivity contribution in [1.29, 1.82) is 0 Å². The highest BCUT2D eigenvalue weighted by Crippen LogP contribution is 2.22. The average molecular weight is 170 g/mol. The van der Waals surface area contributed by atoms with Gasteiger partial charge in [-0.2, -0.15) is 0 Å². The van der Waals surface area contributed by atoms with Gasteiger partial charge in [0, 0.05) is 5.56 Å². The molecule has 1 aromatic carbocycles. The van der Waals surface area contributed by atoms with Crippen LogP contribution in [0.5, 0.6) is 5.75 Å². The van der Waals surface area contributed by atoms with Crippen molar-refractivity contribution in [2.75, 3.05) is 7.11 Å². The predicted octanol–water partition coefficient (Wildman–Crippen LogP) is 1.64. The first-order valence-corrected chi connectivity index (χ1v) is 3.63. The molecule has 3 heteroatoms. The van der Waals surface area contributed by atoms with Crippen LogP contribution in [0.3, 0.4) is 0 Å². The van der Waals surface area contributed by atoms with Crippen LogP contribution >= 0.6 is 0 Å². The summed E-state index contributed by atoms with van der Waals surface area (Å²) in [6.45, 7) is 1.52. The summed E-state index contributed by atoms with van der Waals surface area (Å²) in [5.41, 5.74) is 1.14. The molecule has 0 atom stereocenters. The van der Waals surface area contributed by atoms with Crippen LogP contribution in [0.25, 0.3) is 0 Å². The molecule has 0 fully saturated rings. The molecule has 0 aliphatic carbocycles. The maximum atomic E-state index is 13.2. The number of hydrogen-bond donors (Lipinski definition) is 1. The van der Waals surface area contributed by atoms with Crippen LogP contribution < -0.4 is 4.74 Å². The van der Waals surface area contributed by atoms with Crippen molar-refractivity contribution in [1.82, 2.24) is 0 Å². The third-order valence-electron chi connectivity index (χ3n) is 1.65. The highest BCUT2D eigenvalue weighted by molar-refractivity contribution is 5.35. The molecular formula is C9H11FO2. The summed E-state index contributed by atoms with van der Waals surface area (Å²) in [6.07, 6.45) is 0. The molecule has 0 amide bonds. The molecule has 0 heterocycles. The minimum atomic E-state index is -0.481. The Morgan fingerprint density at radius 2 is 2.17 bits per heavy atom. The number of hydrogen-bond acceptors (Lipinski definition) is 2. The summed E-state index contributed by atoms with van der Waals surface area (Å²) in [5, 5.41) is 8.77. The molecule has 0 saturated heterocycles. The van der Waals surface area contributed by atoms with Crippen LogP contribution in [0.4, 0.5) is 4.39 Å². The lowest BCUT2D eigenvalue weighted by Crippen LogP contribution is -1.95. The smallest absolute Gasteiger partial charge is 0.170 e. The standard InChI is InChI=1S/C9H11FO2/c1-6-3-7(5-11)9(10)8(4-6)12-2/h3-4,11H,5H2,1-2H3. The molecule has 0 saturated carbocycles. The topological polar surface area (TPSA) is 29.5 Å². The Morgan fingerprint density at radius 3 is 2.67 bits per heavy atom. The van der Waals surface area contributed by atoms with Gasteiger partial charge in [0.25, 0.3) is 0 Å². The van der Waals surface area contributed by atoms with Crippen LogP contribution in [0, 0.1) is 12.7 Å². The van der Waals surface area contributed by atoms with Gasteiger partial charge in [-0.1, -0.05) is 6.07 Å². The van der Waals surface area contributed by atoms with Crippen LogP contribution in [0.1, 0.15) is 11.1 Å². The minimum Gasteiger partial charge on any atom is -0.494 e. The van der Waals surface area contributed by atoms with Gasteiger partial charge in [-0.15, -0.1) is 0 Å². The SMILES string of the molecule is COc1cc(C)cc(CO)c1F. The molecule has 66 valence electrons. The third-order valence-corrected chi connectivity index (χ3v) is 1.65. The van der Waals surface area contributed by atoms with E-state index in [0.29, 0.717) is 0 Å². The zero-order chi connectivity index (χ0) is 9.14. The summed E-state index contributed by atoms with van der Waals surface area (Å²) in [7, 11) is 1.40. The van der Waals surface area contributed by atoms with Crippen molar-refractivity contribution in [3.05, 3.63) is 29.1 Å². The molecule has 12 heavy (non-hydrogen) atoms. The third kappa shape index (κ3) is 1.56. The number of ether oxygens (including phenoxy) is 1. The number of aryl methyl sites for hydroxylation is 1. The van der Waals surface area contributed by atoms with E-state index in [0.717, 1.165) is 5.56 Å². The predicted molar refractivity (Wildman–Crippen MR) is 43.6 cm³/mol. The number of aliphatic hydroxyl groups excluding tert-OH is 1. The van der Waals surface area contributed by atoms with E-state index in [-0.39, 0.29) is 17.9 Å². The molecular weight excluding hydrogens is 159 g/mol. The van der Waals surface area contributed by atoms with E-state index in [1.807, 2.05) is 6.92 Å². The van der Waals surface area contributed by atoms with Gasteiger partial charge in [-0.25, -0.2) is 4.39 Å². The fourth-order valence-corrected chi connectivity index (χ4v) is 1.07. The summed E-state index contributed by atoms with van der Waals surface area (Å²) in [6, 6.07) is 3.19. The second-order valence-electron chi connectivity index (χ2n) is 2.60. The second kappa shape index (κ2) is 3.54. The lowest BCUT2D eigenvalue weighted by molar-refractivity contribution is 0.272. The first-order valence-electron chi connectivity index (χ1n) is 3.63. The van der Waals surface area contributed by atoms with Crippen molar-refractivity contribution in [3.63, 3.8) is 0 Å². The van der Waals surface area contributed by atoms with E-state index >= 15 is 0 Å². The summed E-state index contributed by atoms with van der Waals surface area (Å²) in [5.74, 6) is -0.301. The number of aliphatic hydroxyl groups is 1. The van der Waals surface area contributed by atoms with Gasteiger partial charge >= 0.3 is 0 Å². The van der Waals surface area contributed by atoms with Crippen molar-refractivity contribution in [3.8, 4) is 5.75 Å². The molecule has 0 aromatic heterocycles. The zero-order valence-electron chi connectivity index (χ0n) is 7.10. The lowest BCUT2D eigenvalue weighted by atomic mass is 10.1. The summed E-state index contributed by atoms with van der Waals surface area (Å²) in [4.78, 5) is 0. The highest BCUT2D eigenvalue weighted by atomic mass is 19.1. The second-order valence-corrected chi connectivity index (χ2v) is 2.60. The van der Waals surface area contributed by atoms with E-state index in [1.165, 1.54) is 7.11 Å². The molecule has 0 aliphatic heterocycles. The maximum absolute atomic E-state index is 13.2. The van der Waals surface area contributed by atoms with Gasteiger partial charge < -0.3 is 9.84 Å². The monoisotopic (exact) mass is 170 g/mol. The molecule has 0 radical (unpaired) electrons. The zero-order valence-corrected chi connectivity index (χ0v) is 7.10. The van der Waals surface area contributed by atoms with E-state index in [1.54, 1.807) is 12.1 Å². The summed E-state index contributed by atoms with van der Waals surface area (Å²) < 4.78 is 18.0. The van der Waals surface area contributed by atoms with E-state index in [2.05, 4.69) is 0 Å². The highest BCUT2D eigenvalue weighted by Gasteiger charge is 2.08. The molecule has 0 aliphatic rings. The molecule has 0 spiro atoms.